The number of nitrogen functional groups attached to an aromatic ring is 1. The molecular formula is C15H19N3O2S. The Balaban J connectivity index is 2.28. The zero-order valence-electron chi connectivity index (χ0n) is 12.1. The molecule has 4 N–H and O–H groups in total. The predicted octanol–water partition coefficient (Wildman–Crippen LogP) is 1.86. The van der Waals surface area contributed by atoms with E-state index in [1.165, 1.54) is 17.7 Å². The third kappa shape index (κ3) is 3.96. The van der Waals surface area contributed by atoms with E-state index >= 15 is 0 Å². The first-order valence-corrected chi connectivity index (χ1v) is 8.00. The van der Waals surface area contributed by atoms with E-state index in [2.05, 4.69) is 0 Å². The van der Waals surface area contributed by atoms with E-state index in [-0.39, 0.29) is 4.90 Å². The van der Waals surface area contributed by atoms with E-state index in [1.807, 2.05) is 43.1 Å². The van der Waals surface area contributed by atoms with Gasteiger partial charge < -0.3 is 10.6 Å². The van der Waals surface area contributed by atoms with Gasteiger partial charge in [-0.1, -0.05) is 29.8 Å². The van der Waals surface area contributed by atoms with Gasteiger partial charge in [-0.25, -0.2) is 13.6 Å². The molecular weight excluding hydrogens is 286 g/mol. The number of sulfonamides is 1. The van der Waals surface area contributed by atoms with E-state index in [4.69, 9.17) is 10.9 Å². The Morgan fingerprint density at radius 1 is 1.10 bits per heavy atom. The number of hydrogen-bond donors (Lipinski definition) is 2. The zero-order chi connectivity index (χ0) is 15.6. The maximum Gasteiger partial charge on any atom is 0.238 e. The van der Waals surface area contributed by atoms with Gasteiger partial charge in [-0.3, -0.25) is 0 Å². The summed E-state index contributed by atoms with van der Waals surface area (Å²) in [7, 11) is -1.89. The summed E-state index contributed by atoms with van der Waals surface area (Å²) in [6.07, 6.45) is 0. The fourth-order valence-corrected chi connectivity index (χ4v) is 2.63. The second-order valence-corrected chi connectivity index (χ2v) is 6.71. The van der Waals surface area contributed by atoms with Crippen LogP contribution in [0.4, 0.5) is 11.4 Å². The quantitative estimate of drug-likeness (QED) is 0.844. The highest BCUT2D eigenvalue weighted by Crippen LogP contribution is 2.23. The van der Waals surface area contributed by atoms with Crippen LogP contribution >= 0.6 is 0 Å². The average Bonchev–Trinajstić information content (AvgIpc) is 2.39. The minimum Gasteiger partial charge on any atom is -0.399 e. The fourth-order valence-electron chi connectivity index (χ4n) is 2.05. The van der Waals surface area contributed by atoms with Crippen molar-refractivity contribution in [3.8, 4) is 0 Å². The molecule has 0 aromatic heterocycles. The summed E-state index contributed by atoms with van der Waals surface area (Å²) < 4.78 is 22.9. The molecule has 0 aliphatic heterocycles. The van der Waals surface area contributed by atoms with Crippen LogP contribution in [-0.4, -0.2) is 15.5 Å². The molecule has 0 spiro atoms. The van der Waals surface area contributed by atoms with Gasteiger partial charge in [0.2, 0.25) is 10.0 Å². The monoisotopic (exact) mass is 305 g/mol. The van der Waals surface area contributed by atoms with Crippen molar-refractivity contribution in [2.45, 2.75) is 18.4 Å². The van der Waals surface area contributed by atoms with Crippen molar-refractivity contribution in [2.24, 2.45) is 5.14 Å². The van der Waals surface area contributed by atoms with Gasteiger partial charge in [-0.05, 0) is 30.7 Å². The summed E-state index contributed by atoms with van der Waals surface area (Å²) in [5, 5.41) is 5.16. The molecule has 6 heteroatoms. The number of primary sulfonamides is 1. The van der Waals surface area contributed by atoms with Crippen molar-refractivity contribution in [1.82, 2.24) is 0 Å². The SMILES string of the molecule is Cc1ccc(CN(C)c2cc(N)cc(S(N)(=O)=O)c2)cc1. The van der Waals surface area contributed by atoms with Crippen molar-refractivity contribution >= 4 is 21.4 Å². The topological polar surface area (TPSA) is 89.4 Å². The van der Waals surface area contributed by atoms with Crippen LogP contribution < -0.4 is 15.8 Å². The molecule has 2 rings (SSSR count). The molecule has 0 saturated heterocycles. The number of rotatable bonds is 4. The van der Waals surface area contributed by atoms with Gasteiger partial charge in [0.15, 0.2) is 0 Å². The minimum absolute atomic E-state index is 0.0215. The molecule has 2 aromatic rings. The molecule has 112 valence electrons. The minimum atomic E-state index is -3.77. The van der Waals surface area contributed by atoms with Crippen molar-refractivity contribution in [1.29, 1.82) is 0 Å². The fraction of sp³-hybridized carbons (Fsp3) is 0.200. The van der Waals surface area contributed by atoms with E-state index in [9.17, 15) is 8.42 Å². The van der Waals surface area contributed by atoms with Crippen molar-refractivity contribution in [3.05, 3.63) is 53.6 Å². The van der Waals surface area contributed by atoms with Crippen LogP contribution in [0.15, 0.2) is 47.4 Å². The molecule has 0 aliphatic carbocycles. The first-order valence-electron chi connectivity index (χ1n) is 6.46. The molecule has 2 aromatic carbocycles. The van der Waals surface area contributed by atoms with Crippen LogP contribution in [0.5, 0.6) is 0 Å². The first-order chi connectivity index (χ1) is 9.75. The molecule has 0 radical (unpaired) electrons. The zero-order valence-corrected chi connectivity index (χ0v) is 12.9. The van der Waals surface area contributed by atoms with Crippen LogP contribution in [0.1, 0.15) is 11.1 Å². The highest BCUT2D eigenvalue weighted by molar-refractivity contribution is 7.89. The summed E-state index contributed by atoms with van der Waals surface area (Å²) in [4.78, 5) is 1.95. The summed E-state index contributed by atoms with van der Waals surface area (Å²) in [5.41, 5.74) is 9.16. The Kier molecular flexibility index (Phi) is 4.20. The third-order valence-corrected chi connectivity index (χ3v) is 4.12. The Bertz CT molecular complexity index is 740. The van der Waals surface area contributed by atoms with Crippen LogP contribution in [0.25, 0.3) is 0 Å². The normalized spacial score (nSPS) is 11.4. The van der Waals surface area contributed by atoms with Crippen molar-refractivity contribution in [3.63, 3.8) is 0 Å². The molecule has 5 nitrogen and oxygen atoms in total. The molecule has 0 heterocycles. The first kappa shape index (κ1) is 15.3. The number of benzene rings is 2. The summed E-state index contributed by atoms with van der Waals surface area (Å²) in [5.74, 6) is 0. The third-order valence-electron chi connectivity index (χ3n) is 3.22. The Hall–Kier alpha value is -2.05. The number of aryl methyl sites for hydroxylation is 1. The van der Waals surface area contributed by atoms with Gasteiger partial charge in [-0.15, -0.1) is 0 Å². The van der Waals surface area contributed by atoms with Crippen LogP contribution in [0, 0.1) is 6.92 Å². The molecule has 0 saturated carbocycles. The molecule has 0 atom stereocenters. The van der Waals surface area contributed by atoms with Gasteiger partial charge >= 0.3 is 0 Å². The largest absolute Gasteiger partial charge is 0.399 e. The van der Waals surface area contributed by atoms with Gasteiger partial charge in [0.1, 0.15) is 0 Å². The van der Waals surface area contributed by atoms with Crippen molar-refractivity contribution < 1.29 is 8.42 Å². The summed E-state index contributed by atoms with van der Waals surface area (Å²) in [6, 6.07) is 12.8. The lowest BCUT2D eigenvalue weighted by Crippen LogP contribution is -2.18. The second kappa shape index (κ2) is 5.75. The Morgan fingerprint density at radius 3 is 2.29 bits per heavy atom. The predicted molar refractivity (Wildman–Crippen MR) is 85.5 cm³/mol. The smallest absolute Gasteiger partial charge is 0.238 e. The van der Waals surface area contributed by atoms with Gasteiger partial charge in [0, 0.05) is 25.0 Å². The van der Waals surface area contributed by atoms with Crippen LogP contribution in [0.3, 0.4) is 0 Å². The summed E-state index contributed by atoms with van der Waals surface area (Å²) in [6.45, 7) is 2.68. The highest BCUT2D eigenvalue weighted by atomic mass is 32.2. The van der Waals surface area contributed by atoms with Crippen LogP contribution in [-0.2, 0) is 16.6 Å². The number of anilines is 2. The molecule has 0 bridgehead atoms. The molecule has 0 fully saturated rings. The standard InChI is InChI=1S/C15H19N3O2S/c1-11-3-5-12(6-4-11)10-18(2)14-7-13(16)8-15(9-14)21(17,19)20/h3-9H,10,16H2,1-2H3,(H2,17,19,20). The molecule has 0 aliphatic rings. The molecule has 0 unspecified atom stereocenters. The van der Waals surface area contributed by atoms with E-state index in [0.717, 1.165) is 5.56 Å². The van der Waals surface area contributed by atoms with Crippen LogP contribution in [0.2, 0.25) is 0 Å². The Labute approximate surface area is 125 Å². The highest BCUT2D eigenvalue weighted by Gasteiger charge is 2.12. The number of nitrogens with zero attached hydrogens (tertiary/aromatic N) is 1. The van der Waals surface area contributed by atoms with E-state index in [1.54, 1.807) is 6.07 Å². The van der Waals surface area contributed by atoms with Gasteiger partial charge in [0.25, 0.3) is 0 Å². The Morgan fingerprint density at radius 2 is 1.71 bits per heavy atom. The van der Waals surface area contributed by atoms with Crippen molar-refractivity contribution in [2.75, 3.05) is 17.7 Å². The molecule has 0 amide bonds. The molecule has 21 heavy (non-hydrogen) atoms. The van der Waals surface area contributed by atoms with E-state index in [0.29, 0.717) is 17.9 Å². The van der Waals surface area contributed by atoms with Gasteiger partial charge in [0.05, 0.1) is 4.90 Å². The maximum atomic E-state index is 11.5. The number of hydrogen-bond acceptors (Lipinski definition) is 4. The summed E-state index contributed by atoms with van der Waals surface area (Å²) >= 11 is 0. The second-order valence-electron chi connectivity index (χ2n) is 5.15. The van der Waals surface area contributed by atoms with Gasteiger partial charge in [-0.2, -0.15) is 0 Å². The lowest BCUT2D eigenvalue weighted by Gasteiger charge is -2.20. The van der Waals surface area contributed by atoms with E-state index < -0.39 is 10.0 Å². The maximum absolute atomic E-state index is 11.5. The lowest BCUT2D eigenvalue weighted by molar-refractivity contribution is 0.598. The lowest BCUT2D eigenvalue weighted by atomic mass is 10.1. The number of nitrogens with two attached hydrogens (primary N) is 2. The average molecular weight is 305 g/mol.